The van der Waals surface area contributed by atoms with Crippen LogP contribution < -0.4 is 15.0 Å². The summed E-state index contributed by atoms with van der Waals surface area (Å²) in [5.41, 5.74) is 1.79. The van der Waals surface area contributed by atoms with Crippen molar-refractivity contribution in [3.63, 3.8) is 0 Å². The second kappa shape index (κ2) is 7.70. The number of methoxy groups -OCH3 is 1. The Morgan fingerprint density at radius 2 is 2.06 bits per heavy atom. The molecule has 0 saturated carbocycles. The molecule has 0 radical (unpaired) electrons. The van der Waals surface area contributed by atoms with E-state index in [1.807, 2.05) is 18.0 Å². The van der Waals surface area contributed by atoms with E-state index in [0.29, 0.717) is 35.8 Å². The molecule has 0 spiro atoms. The van der Waals surface area contributed by atoms with Gasteiger partial charge in [-0.2, -0.15) is 0 Å². The highest BCUT2D eigenvalue weighted by molar-refractivity contribution is 5.69. The minimum Gasteiger partial charge on any atom is -0.507 e. The molecule has 2 bridgehead atoms. The molecule has 5 rings (SSSR count). The lowest BCUT2D eigenvalue weighted by Gasteiger charge is -2.36. The van der Waals surface area contributed by atoms with Crippen molar-refractivity contribution in [2.24, 2.45) is 0 Å². The zero-order valence-corrected chi connectivity index (χ0v) is 17.7. The summed E-state index contributed by atoms with van der Waals surface area (Å²) in [4.78, 5) is 6.02. The van der Waals surface area contributed by atoms with Crippen molar-refractivity contribution in [3.05, 3.63) is 42.9 Å². The van der Waals surface area contributed by atoms with Crippen LogP contribution in [0.2, 0.25) is 0 Å². The number of piperidine rings is 1. The minimum absolute atomic E-state index is 0.0281. The predicted molar refractivity (Wildman–Crippen MR) is 115 cm³/mol. The van der Waals surface area contributed by atoms with Crippen molar-refractivity contribution in [1.29, 1.82) is 0 Å². The molecule has 2 fully saturated rings. The number of rotatable bonds is 5. The van der Waals surface area contributed by atoms with E-state index in [2.05, 4.69) is 20.5 Å². The summed E-state index contributed by atoms with van der Waals surface area (Å²) >= 11 is 0. The number of nitrogens with one attached hydrogen (secondary N) is 1. The van der Waals surface area contributed by atoms with Crippen molar-refractivity contribution in [1.82, 2.24) is 25.1 Å². The maximum atomic E-state index is 14.0. The number of alkyl halides is 2. The summed E-state index contributed by atoms with van der Waals surface area (Å²) in [5.74, 6) is -1.50. The fourth-order valence-electron chi connectivity index (χ4n) is 4.63. The molecular weight excluding hydrogens is 418 g/mol. The molecule has 0 aliphatic carbocycles. The highest BCUT2D eigenvalue weighted by Crippen LogP contribution is 2.40. The Morgan fingerprint density at radius 3 is 2.72 bits per heavy atom. The lowest BCUT2D eigenvalue weighted by Crippen LogP contribution is -2.49. The molecule has 2 aromatic heterocycles. The topological polar surface area (TPSA) is 88.3 Å². The molecule has 2 saturated heterocycles. The number of aromatic nitrogens is 4. The van der Waals surface area contributed by atoms with Crippen LogP contribution in [0, 0.1) is 0 Å². The summed E-state index contributed by atoms with van der Waals surface area (Å²) < 4.78 is 34.9. The van der Waals surface area contributed by atoms with E-state index in [1.54, 1.807) is 41.4 Å². The van der Waals surface area contributed by atoms with E-state index in [1.165, 1.54) is 7.11 Å². The fourth-order valence-corrected chi connectivity index (χ4v) is 4.63. The van der Waals surface area contributed by atoms with Crippen molar-refractivity contribution in [2.45, 2.75) is 43.3 Å². The van der Waals surface area contributed by atoms with Gasteiger partial charge in [0.25, 0.3) is 5.92 Å². The normalized spacial score (nSPS) is 23.8. The maximum absolute atomic E-state index is 14.0. The van der Waals surface area contributed by atoms with E-state index >= 15 is 0 Å². The number of anilines is 1. The summed E-state index contributed by atoms with van der Waals surface area (Å²) in [6.07, 6.45) is 4.22. The summed E-state index contributed by atoms with van der Waals surface area (Å²) in [7, 11) is 3.40. The van der Waals surface area contributed by atoms with Crippen LogP contribution >= 0.6 is 0 Å². The van der Waals surface area contributed by atoms with Crippen LogP contribution in [-0.4, -0.2) is 63.1 Å². The minimum atomic E-state index is -2.65. The van der Waals surface area contributed by atoms with Crippen molar-refractivity contribution >= 4 is 5.82 Å². The largest absolute Gasteiger partial charge is 0.507 e. The van der Waals surface area contributed by atoms with Crippen LogP contribution in [0.5, 0.6) is 11.6 Å². The number of imidazole rings is 1. The van der Waals surface area contributed by atoms with Gasteiger partial charge in [0.05, 0.1) is 30.7 Å². The van der Waals surface area contributed by atoms with Gasteiger partial charge in [-0.15, -0.1) is 10.2 Å². The Labute approximate surface area is 183 Å². The van der Waals surface area contributed by atoms with Gasteiger partial charge in [-0.25, -0.2) is 13.8 Å². The van der Waals surface area contributed by atoms with Gasteiger partial charge in [0, 0.05) is 37.2 Å². The third-order valence-corrected chi connectivity index (χ3v) is 6.41. The second-order valence-electron chi connectivity index (χ2n) is 8.42. The third kappa shape index (κ3) is 3.64. The SMILES string of the molecule is COc1cn(-c2ccc(-c3ccc(N(C)[C@H]4CC5CC(F)(F)C(C4)N5)nn3)c(O)c2)cn1. The highest BCUT2D eigenvalue weighted by atomic mass is 19.3. The highest BCUT2D eigenvalue weighted by Gasteiger charge is 2.53. The first-order chi connectivity index (χ1) is 15.3. The molecule has 2 aliphatic rings. The van der Waals surface area contributed by atoms with Crippen LogP contribution in [0.1, 0.15) is 19.3 Å². The van der Waals surface area contributed by atoms with Gasteiger partial charge in [0.15, 0.2) is 5.82 Å². The molecule has 2 unspecified atom stereocenters. The fraction of sp³-hybridized carbons (Fsp3) is 0.409. The van der Waals surface area contributed by atoms with Crippen molar-refractivity contribution < 1.29 is 18.6 Å². The first-order valence-electron chi connectivity index (χ1n) is 10.5. The monoisotopic (exact) mass is 442 g/mol. The standard InChI is InChI=1S/C22H24F2N6O2/c1-29(15-7-13-10-22(23,24)19(9-15)26-13)20-6-5-17(27-28-20)16-4-3-14(8-18(16)31)30-11-21(32-2)25-12-30/h3-6,8,11-13,15,19,26,31H,7,9-10H2,1-2H3/t13?,15-,19?/m0/s1. The second-order valence-corrected chi connectivity index (χ2v) is 8.42. The number of fused-ring (bicyclic) bond motifs is 2. The Hall–Kier alpha value is -3.27. The number of benzene rings is 1. The van der Waals surface area contributed by atoms with Crippen LogP contribution in [0.3, 0.4) is 0 Å². The molecule has 1 aromatic carbocycles. The Kier molecular flexibility index (Phi) is 4.96. The quantitative estimate of drug-likeness (QED) is 0.628. The molecule has 32 heavy (non-hydrogen) atoms. The molecule has 4 heterocycles. The molecule has 2 N–H and O–H groups in total. The first kappa shape index (κ1) is 20.6. The number of ether oxygens (including phenoxy) is 1. The van der Waals surface area contributed by atoms with Crippen LogP contribution in [0.15, 0.2) is 42.9 Å². The zero-order chi connectivity index (χ0) is 22.5. The number of hydrogen-bond donors (Lipinski definition) is 2. The first-order valence-corrected chi connectivity index (χ1v) is 10.5. The van der Waals surface area contributed by atoms with Gasteiger partial charge in [-0.3, -0.25) is 0 Å². The van der Waals surface area contributed by atoms with Crippen molar-refractivity contribution in [3.8, 4) is 28.6 Å². The Balaban J connectivity index is 1.32. The van der Waals surface area contributed by atoms with Crippen LogP contribution in [-0.2, 0) is 0 Å². The molecular formula is C22H24F2N6O2. The smallest absolute Gasteiger partial charge is 0.264 e. The molecule has 168 valence electrons. The molecule has 0 amide bonds. The molecule has 2 aliphatic heterocycles. The van der Waals surface area contributed by atoms with E-state index in [0.717, 1.165) is 5.69 Å². The number of aromatic hydroxyl groups is 1. The predicted octanol–water partition coefficient (Wildman–Crippen LogP) is 3.01. The summed E-state index contributed by atoms with van der Waals surface area (Å²) in [6.45, 7) is 0. The van der Waals surface area contributed by atoms with E-state index in [9.17, 15) is 13.9 Å². The van der Waals surface area contributed by atoms with Gasteiger partial charge < -0.3 is 24.6 Å². The number of phenols is 1. The summed E-state index contributed by atoms with van der Waals surface area (Å²) in [5, 5.41) is 22.1. The lowest BCUT2D eigenvalue weighted by atomic mass is 9.98. The van der Waals surface area contributed by atoms with Crippen molar-refractivity contribution in [2.75, 3.05) is 19.1 Å². The van der Waals surface area contributed by atoms with Gasteiger partial charge in [-0.1, -0.05) is 0 Å². The third-order valence-electron chi connectivity index (χ3n) is 6.41. The average molecular weight is 442 g/mol. The molecule has 8 nitrogen and oxygen atoms in total. The Bertz CT molecular complexity index is 1120. The van der Waals surface area contributed by atoms with E-state index in [-0.39, 0.29) is 24.3 Å². The number of halogens is 2. The number of nitrogens with zero attached hydrogens (tertiary/aromatic N) is 5. The number of hydrogen-bond acceptors (Lipinski definition) is 7. The maximum Gasteiger partial charge on any atom is 0.264 e. The van der Waals surface area contributed by atoms with E-state index < -0.39 is 12.0 Å². The van der Waals surface area contributed by atoms with Gasteiger partial charge >= 0.3 is 0 Å². The van der Waals surface area contributed by atoms with Crippen LogP contribution in [0.4, 0.5) is 14.6 Å². The Morgan fingerprint density at radius 1 is 1.22 bits per heavy atom. The average Bonchev–Trinajstić information content (AvgIpc) is 3.35. The van der Waals surface area contributed by atoms with Gasteiger partial charge in [-0.05, 0) is 37.1 Å². The molecule has 3 aromatic rings. The van der Waals surface area contributed by atoms with E-state index in [4.69, 9.17) is 4.74 Å². The van der Waals surface area contributed by atoms with Gasteiger partial charge in [0.2, 0.25) is 5.88 Å². The molecule has 3 atom stereocenters. The summed E-state index contributed by atoms with van der Waals surface area (Å²) in [6, 6.07) is 7.81. The molecule has 10 heteroatoms. The van der Waals surface area contributed by atoms with Crippen LogP contribution in [0.25, 0.3) is 16.9 Å². The number of phenolic OH excluding ortho intramolecular Hbond substituents is 1. The zero-order valence-electron chi connectivity index (χ0n) is 17.7. The van der Waals surface area contributed by atoms with Gasteiger partial charge in [0.1, 0.15) is 12.1 Å². The lowest BCUT2D eigenvalue weighted by molar-refractivity contribution is -0.0128.